The number of halogens is 2. The standard InChI is InChI=1S/C22H21Cl2N5O2/c23-16-6-8-17(9-7-16)29-22(31)19(24)18(14-26-29)27-10-12-28(13-11-27)20(21(25)30)15-4-2-1-3-5-15/h1-9,14,20H,10-13H2,(H2,25,30). The van der Waals surface area contributed by atoms with Crippen LogP contribution in [-0.2, 0) is 4.79 Å². The molecule has 0 saturated carbocycles. The van der Waals surface area contributed by atoms with Crippen molar-refractivity contribution in [3.8, 4) is 5.69 Å². The first-order valence-electron chi connectivity index (χ1n) is 9.83. The summed E-state index contributed by atoms with van der Waals surface area (Å²) in [5.74, 6) is -0.384. The second kappa shape index (κ2) is 9.09. The first kappa shape index (κ1) is 21.4. The maximum atomic E-state index is 12.8. The van der Waals surface area contributed by atoms with Gasteiger partial charge in [-0.15, -0.1) is 0 Å². The fourth-order valence-corrected chi connectivity index (χ4v) is 4.20. The van der Waals surface area contributed by atoms with Crippen molar-refractivity contribution in [1.29, 1.82) is 0 Å². The number of hydrogen-bond donors (Lipinski definition) is 1. The smallest absolute Gasteiger partial charge is 0.292 e. The highest BCUT2D eigenvalue weighted by Gasteiger charge is 2.30. The Morgan fingerprint density at radius 3 is 2.23 bits per heavy atom. The van der Waals surface area contributed by atoms with Crippen LogP contribution in [-0.4, -0.2) is 46.8 Å². The lowest BCUT2D eigenvalue weighted by atomic mass is 10.0. The Morgan fingerprint density at radius 2 is 1.61 bits per heavy atom. The highest BCUT2D eigenvalue weighted by molar-refractivity contribution is 6.33. The average molecular weight is 458 g/mol. The van der Waals surface area contributed by atoms with Crippen LogP contribution in [0.1, 0.15) is 11.6 Å². The van der Waals surface area contributed by atoms with Crippen LogP contribution in [0.5, 0.6) is 0 Å². The number of carbonyl (C=O) groups is 1. The molecule has 1 unspecified atom stereocenters. The van der Waals surface area contributed by atoms with Crippen molar-refractivity contribution in [3.05, 3.63) is 86.8 Å². The van der Waals surface area contributed by atoms with Crippen molar-refractivity contribution in [2.75, 3.05) is 31.1 Å². The third-order valence-electron chi connectivity index (χ3n) is 5.38. The summed E-state index contributed by atoms with van der Waals surface area (Å²) >= 11 is 12.3. The van der Waals surface area contributed by atoms with Gasteiger partial charge < -0.3 is 10.6 Å². The van der Waals surface area contributed by atoms with E-state index in [9.17, 15) is 9.59 Å². The number of primary amides is 1. The molecular weight excluding hydrogens is 437 g/mol. The third kappa shape index (κ3) is 4.44. The zero-order chi connectivity index (χ0) is 22.0. The largest absolute Gasteiger partial charge is 0.368 e. The van der Waals surface area contributed by atoms with Crippen molar-refractivity contribution < 1.29 is 4.79 Å². The average Bonchev–Trinajstić information content (AvgIpc) is 2.78. The molecule has 2 N–H and O–H groups in total. The van der Waals surface area contributed by atoms with Gasteiger partial charge in [-0.3, -0.25) is 14.5 Å². The summed E-state index contributed by atoms with van der Waals surface area (Å²) in [6.45, 7) is 2.36. The summed E-state index contributed by atoms with van der Waals surface area (Å²) in [6, 6.07) is 15.8. The molecule has 1 aliphatic rings. The van der Waals surface area contributed by atoms with Crippen LogP contribution in [0.25, 0.3) is 5.69 Å². The minimum absolute atomic E-state index is 0.105. The van der Waals surface area contributed by atoms with Crippen LogP contribution in [0.4, 0.5) is 5.69 Å². The van der Waals surface area contributed by atoms with Gasteiger partial charge in [0.15, 0.2) is 0 Å². The van der Waals surface area contributed by atoms with Gasteiger partial charge in [-0.1, -0.05) is 53.5 Å². The Morgan fingerprint density at radius 1 is 0.968 bits per heavy atom. The molecule has 2 aromatic carbocycles. The van der Waals surface area contributed by atoms with Crippen LogP contribution < -0.4 is 16.2 Å². The molecule has 0 bridgehead atoms. The first-order chi connectivity index (χ1) is 15.0. The Kier molecular flexibility index (Phi) is 6.27. The number of benzene rings is 2. The first-order valence-corrected chi connectivity index (χ1v) is 10.6. The van der Waals surface area contributed by atoms with Crippen LogP contribution >= 0.6 is 23.2 Å². The number of piperazine rings is 1. The fraction of sp³-hybridized carbons (Fsp3) is 0.227. The minimum Gasteiger partial charge on any atom is -0.368 e. The Hall–Kier alpha value is -2.87. The predicted octanol–water partition coefficient (Wildman–Crippen LogP) is 2.89. The number of carbonyl (C=O) groups excluding carboxylic acids is 1. The normalized spacial score (nSPS) is 15.6. The molecule has 0 aliphatic carbocycles. The Bertz CT molecular complexity index is 1130. The molecule has 1 atom stereocenters. The third-order valence-corrected chi connectivity index (χ3v) is 5.98. The van der Waals surface area contributed by atoms with Crippen molar-refractivity contribution >= 4 is 34.8 Å². The highest BCUT2D eigenvalue weighted by atomic mass is 35.5. The summed E-state index contributed by atoms with van der Waals surface area (Å²) in [4.78, 5) is 29.0. The molecule has 0 radical (unpaired) electrons. The molecule has 2 heterocycles. The molecule has 1 aromatic heterocycles. The maximum absolute atomic E-state index is 12.8. The van der Waals surface area contributed by atoms with Gasteiger partial charge in [-0.05, 0) is 29.8 Å². The van der Waals surface area contributed by atoms with Crippen molar-refractivity contribution in [2.24, 2.45) is 5.73 Å². The lowest BCUT2D eigenvalue weighted by Crippen LogP contribution is -2.50. The molecule has 1 saturated heterocycles. The molecule has 9 heteroatoms. The van der Waals surface area contributed by atoms with E-state index in [0.29, 0.717) is 42.6 Å². The minimum atomic E-state index is -0.491. The van der Waals surface area contributed by atoms with E-state index in [4.69, 9.17) is 28.9 Å². The number of anilines is 1. The van der Waals surface area contributed by atoms with Gasteiger partial charge in [-0.2, -0.15) is 9.78 Å². The van der Waals surface area contributed by atoms with E-state index in [1.807, 2.05) is 40.1 Å². The zero-order valence-corrected chi connectivity index (χ0v) is 18.1. The van der Waals surface area contributed by atoms with Crippen LogP contribution in [0.2, 0.25) is 10.0 Å². The number of hydrogen-bond acceptors (Lipinski definition) is 5. The summed E-state index contributed by atoms with van der Waals surface area (Å²) in [7, 11) is 0. The Labute approximate surface area is 189 Å². The lowest BCUT2D eigenvalue weighted by Gasteiger charge is -2.39. The number of nitrogens with zero attached hydrogens (tertiary/aromatic N) is 4. The van der Waals surface area contributed by atoms with E-state index in [2.05, 4.69) is 5.10 Å². The summed E-state index contributed by atoms with van der Waals surface area (Å²) < 4.78 is 1.25. The van der Waals surface area contributed by atoms with Gasteiger partial charge in [0.25, 0.3) is 5.56 Å². The second-order valence-corrected chi connectivity index (χ2v) is 8.09. The zero-order valence-electron chi connectivity index (χ0n) is 16.6. The quantitative estimate of drug-likeness (QED) is 0.636. The second-order valence-electron chi connectivity index (χ2n) is 7.28. The van der Waals surface area contributed by atoms with Crippen molar-refractivity contribution in [2.45, 2.75) is 6.04 Å². The molecular formula is C22H21Cl2N5O2. The maximum Gasteiger partial charge on any atom is 0.292 e. The molecule has 7 nitrogen and oxygen atoms in total. The van der Waals surface area contributed by atoms with Gasteiger partial charge in [-0.25, -0.2) is 0 Å². The van der Waals surface area contributed by atoms with Gasteiger partial charge in [0, 0.05) is 31.2 Å². The topological polar surface area (TPSA) is 84.5 Å². The number of rotatable bonds is 5. The van der Waals surface area contributed by atoms with Crippen LogP contribution in [0.3, 0.4) is 0 Å². The van der Waals surface area contributed by atoms with Gasteiger partial charge in [0.05, 0.1) is 17.6 Å². The fourth-order valence-electron chi connectivity index (χ4n) is 3.82. The molecule has 1 fully saturated rings. The monoisotopic (exact) mass is 457 g/mol. The SMILES string of the molecule is NC(=O)C(c1ccccc1)N1CCN(c2cnn(-c3ccc(Cl)cc3)c(=O)c2Cl)CC1. The van der Waals surface area contributed by atoms with E-state index < -0.39 is 11.6 Å². The Balaban J connectivity index is 1.52. The van der Waals surface area contributed by atoms with E-state index in [-0.39, 0.29) is 10.9 Å². The van der Waals surface area contributed by atoms with Crippen LogP contribution in [0, 0.1) is 0 Å². The van der Waals surface area contributed by atoms with E-state index >= 15 is 0 Å². The van der Waals surface area contributed by atoms with E-state index in [1.165, 1.54) is 4.68 Å². The van der Waals surface area contributed by atoms with Gasteiger partial charge >= 0.3 is 0 Å². The van der Waals surface area contributed by atoms with Crippen molar-refractivity contribution in [1.82, 2.24) is 14.7 Å². The molecule has 3 aromatic rings. The summed E-state index contributed by atoms with van der Waals surface area (Å²) in [6.07, 6.45) is 1.59. The number of nitrogens with two attached hydrogens (primary N) is 1. The molecule has 160 valence electrons. The molecule has 4 rings (SSSR count). The van der Waals surface area contributed by atoms with E-state index in [1.54, 1.807) is 30.5 Å². The molecule has 1 amide bonds. The van der Waals surface area contributed by atoms with Crippen LogP contribution in [0.15, 0.2) is 65.6 Å². The van der Waals surface area contributed by atoms with Crippen molar-refractivity contribution in [3.63, 3.8) is 0 Å². The molecule has 0 spiro atoms. The summed E-state index contributed by atoms with van der Waals surface area (Å²) in [5, 5.41) is 4.97. The van der Waals surface area contributed by atoms with Gasteiger partial charge in [0.1, 0.15) is 11.1 Å². The number of amides is 1. The molecule has 1 aliphatic heterocycles. The number of aromatic nitrogens is 2. The summed E-state index contributed by atoms with van der Waals surface area (Å²) in [5.41, 5.74) is 7.32. The van der Waals surface area contributed by atoms with E-state index in [0.717, 1.165) is 5.56 Å². The lowest BCUT2D eigenvalue weighted by molar-refractivity contribution is -0.123. The highest BCUT2D eigenvalue weighted by Crippen LogP contribution is 2.27. The predicted molar refractivity (Wildman–Crippen MR) is 122 cm³/mol. The van der Waals surface area contributed by atoms with Gasteiger partial charge in [0.2, 0.25) is 5.91 Å². The molecule has 31 heavy (non-hydrogen) atoms.